The predicted molar refractivity (Wildman–Crippen MR) is 77.3 cm³/mol. The molecule has 0 aliphatic rings. The highest BCUT2D eigenvalue weighted by Crippen LogP contribution is 2.20. The van der Waals surface area contributed by atoms with Gasteiger partial charge < -0.3 is 13.6 Å². The highest BCUT2D eigenvalue weighted by atomic mass is 16.5. The van der Waals surface area contributed by atoms with Crippen LogP contribution in [0.4, 0.5) is 6.01 Å². The van der Waals surface area contributed by atoms with Crippen molar-refractivity contribution in [2.24, 2.45) is 0 Å². The quantitative estimate of drug-likeness (QED) is 0.778. The zero-order valence-corrected chi connectivity index (χ0v) is 11.8. The lowest BCUT2D eigenvalue weighted by molar-refractivity contribution is -0.115. The first-order chi connectivity index (χ1) is 10.7. The van der Waals surface area contributed by atoms with E-state index in [0.717, 1.165) is 11.3 Å². The summed E-state index contributed by atoms with van der Waals surface area (Å²) in [4.78, 5) is 11.9. The predicted octanol–water partition coefficient (Wildman–Crippen LogP) is 2.52. The summed E-state index contributed by atoms with van der Waals surface area (Å²) < 4.78 is 15.5. The van der Waals surface area contributed by atoms with Crippen LogP contribution in [0.1, 0.15) is 5.56 Å². The number of aromatic nitrogens is 2. The lowest BCUT2D eigenvalue weighted by Crippen LogP contribution is -2.14. The van der Waals surface area contributed by atoms with Crippen molar-refractivity contribution in [2.75, 3.05) is 12.4 Å². The van der Waals surface area contributed by atoms with Gasteiger partial charge in [-0.25, -0.2) is 0 Å². The number of methoxy groups -OCH3 is 1. The molecule has 0 unspecified atom stereocenters. The fraction of sp³-hybridized carbons (Fsp3) is 0.133. The summed E-state index contributed by atoms with van der Waals surface area (Å²) in [5.74, 6) is 1.15. The summed E-state index contributed by atoms with van der Waals surface area (Å²) in [6.45, 7) is 0. The maximum absolute atomic E-state index is 11.9. The van der Waals surface area contributed by atoms with Crippen LogP contribution in [0.3, 0.4) is 0 Å². The molecule has 0 saturated carbocycles. The van der Waals surface area contributed by atoms with Gasteiger partial charge in [-0.15, -0.1) is 5.10 Å². The number of nitrogens with zero attached hydrogens (tertiary/aromatic N) is 2. The summed E-state index contributed by atoms with van der Waals surface area (Å²) in [6.07, 6.45) is 1.70. The molecule has 2 aromatic heterocycles. The molecule has 2 heterocycles. The summed E-state index contributed by atoms with van der Waals surface area (Å²) in [6, 6.07) is 10.7. The van der Waals surface area contributed by atoms with Crippen LogP contribution in [0.5, 0.6) is 5.75 Å². The Hall–Kier alpha value is -3.09. The van der Waals surface area contributed by atoms with Crippen LogP contribution in [0.25, 0.3) is 11.7 Å². The van der Waals surface area contributed by atoms with Crippen LogP contribution in [-0.2, 0) is 11.2 Å². The zero-order valence-electron chi connectivity index (χ0n) is 11.8. The average molecular weight is 299 g/mol. The Bertz CT molecular complexity index is 747. The Morgan fingerprint density at radius 3 is 2.73 bits per heavy atom. The molecule has 0 radical (unpaired) electrons. The molecule has 0 saturated heterocycles. The Balaban J connectivity index is 1.61. The molecule has 0 aliphatic heterocycles. The molecule has 0 spiro atoms. The minimum atomic E-state index is -0.250. The maximum Gasteiger partial charge on any atom is 0.322 e. The highest BCUT2D eigenvalue weighted by Gasteiger charge is 2.13. The number of benzene rings is 1. The summed E-state index contributed by atoms with van der Waals surface area (Å²) >= 11 is 0. The van der Waals surface area contributed by atoms with E-state index in [1.54, 1.807) is 31.4 Å². The van der Waals surface area contributed by atoms with Crippen LogP contribution in [0.15, 0.2) is 51.5 Å². The Morgan fingerprint density at radius 1 is 1.23 bits per heavy atom. The van der Waals surface area contributed by atoms with Crippen molar-refractivity contribution in [1.29, 1.82) is 0 Å². The zero-order chi connectivity index (χ0) is 15.4. The fourth-order valence-corrected chi connectivity index (χ4v) is 1.87. The van der Waals surface area contributed by atoms with Crippen molar-refractivity contribution in [3.63, 3.8) is 0 Å². The first-order valence-corrected chi connectivity index (χ1v) is 6.55. The molecule has 0 fully saturated rings. The standard InChI is InChI=1S/C15H13N3O4/c1-20-11-6-4-10(5-7-11)9-13(19)16-15-18-17-14(22-15)12-3-2-8-21-12/h2-8H,9H2,1H3,(H,16,18,19). The van der Waals surface area contributed by atoms with Crippen molar-refractivity contribution in [2.45, 2.75) is 6.42 Å². The number of hydrogen-bond donors (Lipinski definition) is 1. The SMILES string of the molecule is COc1ccc(CC(=O)Nc2nnc(-c3ccco3)o2)cc1. The second kappa shape index (κ2) is 6.13. The lowest BCUT2D eigenvalue weighted by Gasteiger charge is -2.03. The molecule has 3 rings (SSSR count). The van der Waals surface area contributed by atoms with E-state index in [1.807, 2.05) is 12.1 Å². The molecule has 7 heteroatoms. The number of rotatable bonds is 5. The molecular formula is C15H13N3O4. The normalized spacial score (nSPS) is 10.4. The number of ether oxygens (including phenoxy) is 1. The summed E-state index contributed by atoms with van der Waals surface area (Å²) in [5.41, 5.74) is 0.851. The third-order valence-corrected chi connectivity index (χ3v) is 2.93. The molecule has 3 aromatic rings. The van der Waals surface area contributed by atoms with Gasteiger partial charge in [-0.3, -0.25) is 10.1 Å². The Labute approximate surface area is 125 Å². The van der Waals surface area contributed by atoms with E-state index in [2.05, 4.69) is 15.5 Å². The third kappa shape index (κ3) is 3.14. The second-order valence-electron chi connectivity index (χ2n) is 4.46. The number of hydrogen-bond acceptors (Lipinski definition) is 6. The lowest BCUT2D eigenvalue weighted by atomic mass is 10.1. The van der Waals surface area contributed by atoms with E-state index < -0.39 is 0 Å². The van der Waals surface area contributed by atoms with Crippen molar-refractivity contribution >= 4 is 11.9 Å². The van der Waals surface area contributed by atoms with Crippen LogP contribution < -0.4 is 10.1 Å². The molecule has 0 aliphatic carbocycles. The molecule has 1 aromatic carbocycles. The number of nitrogens with one attached hydrogen (secondary N) is 1. The first-order valence-electron chi connectivity index (χ1n) is 6.55. The smallest absolute Gasteiger partial charge is 0.322 e. The van der Waals surface area contributed by atoms with Crippen molar-refractivity contribution < 1.29 is 18.4 Å². The molecule has 1 amide bonds. The van der Waals surface area contributed by atoms with Gasteiger partial charge >= 0.3 is 6.01 Å². The largest absolute Gasteiger partial charge is 0.497 e. The number of amides is 1. The van der Waals surface area contributed by atoms with Gasteiger partial charge in [0.15, 0.2) is 5.76 Å². The molecule has 22 heavy (non-hydrogen) atoms. The van der Waals surface area contributed by atoms with E-state index in [4.69, 9.17) is 13.6 Å². The van der Waals surface area contributed by atoms with E-state index in [1.165, 1.54) is 6.26 Å². The number of carbonyl (C=O) groups is 1. The average Bonchev–Trinajstić information content (AvgIpc) is 3.19. The van der Waals surface area contributed by atoms with E-state index in [-0.39, 0.29) is 24.2 Å². The minimum Gasteiger partial charge on any atom is -0.497 e. The second-order valence-corrected chi connectivity index (χ2v) is 4.46. The Kier molecular flexibility index (Phi) is 3.86. The van der Waals surface area contributed by atoms with Gasteiger partial charge in [-0.1, -0.05) is 17.2 Å². The van der Waals surface area contributed by atoms with Gasteiger partial charge in [0, 0.05) is 0 Å². The van der Waals surface area contributed by atoms with Gasteiger partial charge in [0.1, 0.15) is 5.75 Å². The van der Waals surface area contributed by atoms with Gasteiger partial charge in [-0.05, 0) is 29.8 Å². The van der Waals surface area contributed by atoms with Crippen molar-refractivity contribution in [3.05, 3.63) is 48.2 Å². The molecular weight excluding hydrogens is 286 g/mol. The summed E-state index contributed by atoms with van der Waals surface area (Å²) in [7, 11) is 1.59. The van der Waals surface area contributed by atoms with Gasteiger partial charge in [0.2, 0.25) is 5.91 Å². The fourth-order valence-electron chi connectivity index (χ4n) is 1.87. The monoisotopic (exact) mass is 299 g/mol. The maximum atomic E-state index is 11.9. The van der Waals surface area contributed by atoms with E-state index in [9.17, 15) is 4.79 Å². The highest BCUT2D eigenvalue weighted by molar-refractivity contribution is 5.90. The van der Waals surface area contributed by atoms with Crippen molar-refractivity contribution in [3.8, 4) is 17.4 Å². The minimum absolute atomic E-state index is 0.0323. The van der Waals surface area contributed by atoms with Gasteiger partial charge in [0.05, 0.1) is 19.8 Å². The van der Waals surface area contributed by atoms with Gasteiger partial charge in [0.25, 0.3) is 5.89 Å². The van der Waals surface area contributed by atoms with Crippen LogP contribution in [0.2, 0.25) is 0 Å². The van der Waals surface area contributed by atoms with Gasteiger partial charge in [-0.2, -0.15) is 0 Å². The van der Waals surface area contributed by atoms with Crippen LogP contribution in [0, 0.1) is 0 Å². The first kappa shape index (κ1) is 13.9. The third-order valence-electron chi connectivity index (χ3n) is 2.93. The molecule has 0 bridgehead atoms. The Morgan fingerprint density at radius 2 is 2.05 bits per heavy atom. The molecule has 112 valence electrons. The van der Waals surface area contributed by atoms with Crippen LogP contribution >= 0.6 is 0 Å². The van der Waals surface area contributed by atoms with Crippen molar-refractivity contribution in [1.82, 2.24) is 10.2 Å². The summed E-state index contributed by atoms with van der Waals surface area (Å²) in [5, 5.41) is 10.1. The number of carbonyl (C=O) groups excluding carboxylic acids is 1. The number of furan rings is 1. The molecule has 0 atom stereocenters. The number of anilines is 1. The topological polar surface area (TPSA) is 90.4 Å². The van der Waals surface area contributed by atoms with Crippen LogP contribution in [-0.4, -0.2) is 23.2 Å². The molecule has 1 N–H and O–H groups in total. The molecule has 7 nitrogen and oxygen atoms in total. The van der Waals surface area contributed by atoms with E-state index >= 15 is 0 Å². The van der Waals surface area contributed by atoms with E-state index in [0.29, 0.717) is 5.76 Å².